The van der Waals surface area contributed by atoms with Gasteiger partial charge in [0, 0.05) is 0 Å². The highest BCUT2D eigenvalue weighted by Crippen LogP contribution is 2.43. The minimum atomic E-state index is -0.886. The van der Waals surface area contributed by atoms with Gasteiger partial charge in [-0.25, -0.2) is 0 Å². The van der Waals surface area contributed by atoms with Gasteiger partial charge in [0.1, 0.15) is 11.5 Å². The number of esters is 1. The number of ether oxygens (including phenoxy) is 1. The van der Waals surface area contributed by atoms with Gasteiger partial charge in [-0.1, -0.05) is 12.8 Å². The highest BCUT2D eigenvalue weighted by molar-refractivity contribution is 5.83. The first-order chi connectivity index (χ1) is 7.14. The van der Waals surface area contributed by atoms with E-state index in [1.807, 2.05) is 0 Å². The maximum atomic E-state index is 11.3. The molecule has 15 heavy (non-hydrogen) atoms. The Balaban J connectivity index is 2.22. The Kier molecular flexibility index (Phi) is 2.67. The van der Waals surface area contributed by atoms with Gasteiger partial charge < -0.3 is 9.84 Å². The van der Waals surface area contributed by atoms with Crippen LogP contribution in [0.2, 0.25) is 0 Å². The van der Waals surface area contributed by atoms with Crippen molar-refractivity contribution in [2.75, 3.05) is 0 Å². The highest BCUT2D eigenvalue weighted by Gasteiger charge is 2.52. The Morgan fingerprint density at radius 3 is 2.40 bits per heavy atom. The third-order valence-electron chi connectivity index (χ3n) is 3.57. The Morgan fingerprint density at radius 1 is 1.27 bits per heavy atom. The van der Waals surface area contributed by atoms with Crippen LogP contribution in [0.25, 0.3) is 0 Å². The quantitative estimate of drug-likeness (QED) is 0.672. The van der Waals surface area contributed by atoms with E-state index in [9.17, 15) is 9.59 Å². The lowest BCUT2D eigenvalue weighted by atomic mass is 9.81. The van der Waals surface area contributed by atoms with Crippen LogP contribution in [0.5, 0.6) is 0 Å². The molecule has 4 heteroatoms. The third kappa shape index (κ3) is 1.85. The lowest BCUT2D eigenvalue weighted by Gasteiger charge is -2.30. The van der Waals surface area contributed by atoms with Crippen LogP contribution >= 0.6 is 0 Å². The van der Waals surface area contributed by atoms with Gasteiger partial charge in [0.05, 0.1) is 6.42 Å². The van der Waals surface area contributed by atoms with Crippen LogP contribution in [0, 0.1) is 5.92 Å². The molecule has 0 radical (unpaired) electrons. The number of carbonyl (C=O) groups excluding carboxylic acids is 1. The molecule has 0 amide bonds. The van der Waals surface area contributed by atoms with Crippen molar-refractivity contribution >= 4 is 11.9 Å². The van der Waals surface area contributed by atoms with Crippen LogP contribution < -0.4 is 0 Å². The van der Waals surface area contributed by atoms with Gasteiger partial charge >= 0.3 is 11.9 Å². The molecule has 1 N–H and O–H groups in total. The van der Waals surface area contributed by atoms with Gasteiger partial charge in [0.15, 0.2) is 0 Å². The summed E-state index contributed by atoms with van der Waals surface area (Å²) in [6.07, 6.45) is 5.66. The highest BCUT2D eigenvalue weighted by atomic mass is 16.6. The minimum absolute atomic E-state index is 0.0509. The average molecular weight is 212 g/mol. The average Bonchev–Trinajstić information content (AvgIpc) is 2.34. The van der Waals surface area contributed by atoms with Gasteiger partial charge in [-0.2, -0.15) is 0 Å². The Morgan fingerprint density at radius 2 is 1.87 bits per heavy atom. The molecule has 1 unspecified atom stereocenters. The first-order valence-electron chi connectivity index (χ1n) is 5.59. The summed E-state index contributed by atoms with van der Waals surface area (Å²) >= 11 is 0. The van der Waals surface area contributed by atoms with Crippen LogP contribution in [-0.4, -0.2) is 22.6 Å². The monoisotopic (exact) mass is 212 g/mol. The molecule has 1 atom stereocenters. The fourth-order valence-corrected chi connectivity index (χ4v) is 2.78. The van der Waals surface area contributed by atoms with E-state index < -0.39 is 17.5 Å². The van der Waals surface area contributed by atoms with Gasteiger partial charge in [-0.3, -0.25) is 9.59 Å². The molecular formula is C11H16O4. The van der Waals surface area contributed by atoms with Crippen molar-refractivity contribution < 1.29 is 19.4 Å². The smallest absolute Gasteiger partial charge is 0.311 e. The van der Waals surface area contributed by atoms with Gasteiger partial charge in [0.2, 0.25) is 0 Å². The summed E-state index contributed by atoms with van der Waals surface area (Å²) in [5, 5.41) is 9.11. The molecule has 1 saturated carbocycles. The molecule has 1 spiro atoms. The molecule has 2 aliphatic rings. The lowest BCUT2D eigenvalue weighted by Crippen LogP contribution is -2.39. The van der Waals surface area contributed by atoms with Crippen molar-refractivity contribution in [3.05, 3.63) is 0 Å². The first kappa shape index (κ1) is 10.5. The van der Waals surface area contributed by atoms with Crippen LogP contribution in [0.1, 0.15) is 44.9 Å². The summed E-state index contributed by atoms with van der Waals surface area (Å²) < 4.78 is 5.32. The Labute approximate surface area is 88.6 Å². The molecule has 1 heterocycles. The van der Waals surface area contributed by atoms with Crippen LogP contribution in [0.3, 0.4) is 0 Å². The maximum Gasteiger partial charge on any atom is 0.311 e. The van der Waals surface area contributed by atoms with Crippen molar-refractivity contribution in [2.45, 2.75) is 50.5 Å². The van der Waals surface area contributed by atoms with Crippen molar-refractivity contribution in [2.24, 2.45) is 5.92 Å². The molecule has 2 fully saturated rings. The fourth-order valence-electron chi connectivity index (χ4n) is 2.78. The molecule has 2 rings (SSSR count). The molecule has 0 aromatic heterocycles. The lowest BCUT2D eigenvalue weighted by molar-refractivity contribution is -0.156. The van der Waals surface area contributed by atoms with Gasteiger partial charge in [-0.05, 0) is 25.7 Å². The molecule has 84 valence electrons. The topological polar surface area (TPSA) is 63.6 Å². The molecule has 1 aliphatic heterocycles. The number of carboxylic acid groups (broad SMARTS) is 1. The van der Waals surface area contributed by atoms with Crippen molar-refractivity contribution in [1.29, 1.82) is 0 Å². The summed E-state index contributed by atoms with van der Waals surface area (Å²) in [4.78, 5) is 22.4. The Hall–Kier alpha value is -1.06. The normalized spacial score (nSPS) is 29.9. The zero-order valence-electron chi connectivity index (χ0n) is 8.70. The largest absolute Gasteiger partial charge is 0.481 e. The van der Waals surface area contributed by atoms with Crippen molar-refractivity contribution in [3.63, 3.8) is 0 Å². The number of carbonyl (C=O) groups is 2. The molecule has 0 aromatic carbocycles. The van der Waals surface area contributed by atoms with Crippen molar-refractivity contribution in [3.8, 4) is 0 Å². The van der Waals surface area contributed by atoms with E-state index in [0.717, 1.165) is 38.5 Å². The van der Waals surface area contributed by atoms with Crippen molar-refractivity contribution in [1.82, 2.24) is 0 Å². The van der Waals surface area contributed by atoms with E-state index in [-0.39, 0.29) is 12.4 Å². The molecule has 1 saturated heterocycles. The number of rotatable bonds is 1. The van der Waals surface area contributed by atoms with Crippen LogP contribution in [0.15, 0.2) is 0 Å². The van der Waals surface area contributed by atoms with Crippen LogP contribution in [0.4, 0.5) is 0 Å². The number of hydrogen-bond acceptors (Lipinski definition) is 3. The third-order valence-corrected chi connectivity index (χ3v) is 3.57. The van der Waals surface area contributed by atoms with Gasteiger partial charge in [-0.15, -0.1) is 0 Å². The van der Waals surface area contributed by atoms with Gasteiger partial charge in [0.25, 0.3) is 0 Å². The second-order valence-corrected chi connectivity index (χ2v) is 4.55. The molecular weight excluding hydrogens is 196 g/mol. The Bertz CT molecular complexity index is 276. The number of carboxylic acids is 1. The van der Waals surface area contributed by atoms with E-state index >= 15 is 0 Å². The van der Waals surface area contributed by atoms with Crippen LogP contribution in [-0.2, 0) is 14.3 Å². The molecule has 4 nitrogen and oxygen atoms in total. The maximum absolute atomic E-state index is 11.3. The van der Waals surface area contributed by atoms with E-state index in [4.69, 9.17) is 9.84 Å². The summed E-state index contributed by atoms with van der Waals surface area (Å²) in [7, 11) is 0. The van der Waals surface area contributed by atoms with E-state index in [0.29, 0.717) is 0 Å². The van der Waals surface area contributed by atoms with E-state index in [1.54, 1.807) is 0 Å². The SMILES string of the molecule is O=C1CC(C(=O)O)C2(CCCCCC2)O1. The zero-order chi connectivity index (χ0) is 10.9. The predicted molar refractivity (Wildman–Crippen MR) is 52.3 cm³/mol. The summed E-state index contributed by atoms with van der Waals surface area (Å²) in [6, 6.07) is 0. The predicted octanol–water partition coefficient (Wildman–Crippen LogP) is 1.73. The standard InChI is InChI=1S/C11H16O4/c12-9-7-8(10(13)14)11(15-9)5-3-1-2-4-6-11/h8H,1-7H2,(H,13,14). The summed E-state index contributed by atoms with van der Waals surface area (Å²) in [6.45, 7) is 0. The number of hydrogen-bond donors (Lipinski definition) is 1. The van der Waals surface area contributed by atoms with E-state index in [1.165, 1.54) is 0 Å². The fraction of sp³-hybridized carbons (Fsp3) is 0.818. The second-order valence-electron chi connectivity index (χ2n) is 4.55. The molecule has 0 aromatic rings. The minimum Gasteiger partial charge on any atom is -0.481 e. The summed E-state index contributed by atoms with van der Waals surface area (Å²) in [5.41, 5.74) is -0.681. The molecule has 0 bridgehead atoms. The second kappa shape index (κ2) is 3.83. The molecule has 1 aliphatic carbocycles. The summed E-state index contributed by atoms with van der Waals surface area (Å²) in [5.74, 6) is -1.85. The zero-order valence-corrected chi connectivity index (χ0v) is 8.70. The van der Waals surface area contributed by atoms with E-state index in [2.05, 4.69) is 0 Å². The first-order valence-corrected chi connectivity index (χ1v) is 5.59. The number of aliphatic carboxylic acids is 1.